The van der Waals surface area contributed by atoms with Gasteiger partial charge in [0.2, 0.25) is 15.9 Å². The first-order chi connectivity index (χ1) is 13.7. The maximum atomic E-state index is 12.7. The molecule has 0 atom stereocenters. The van der Waals surface area contributed by atoms with Crippen molar-refractivity contribution >= 4 is 21.7 Å². The maximum absolute atomic E-state index is 12.7. The number of carbonyl (C=O) groups excluding carboxylic acids is 1. The number of H-pyrrole nitrogens is 1. The highest BCUT2D eigenvalue weighted by Gasteiger charge is 2.25. The predicted molar refractivity (Wildman–Crippen MR) is 113 cm³/mol. The standard InChI is InChI=1S/C21H30N4O3S/c1-21(2,3)18-15-19(24-23-18)22-20(26)12-9-16-7-10-17(11-8-16)29(27,28)25-13-5-4-6-14-25/h7-8,10-11,15H,4-6,9,12-14H2,1-3H3,(H2,22,23,24,26). The molecule has 0 bridgehead atoms. The zero-order valence-corrected chi connectivity index (χ0v) is 18.2. The van der Waals surface area contributed by atoms with Crippen LogP contribution in [0, 0.1) is 0 Å². The molecule has 0 aliphatic carbocycles. The van der Waals surface area contributed by atoms with Gasteiger partial charge in [0.15, 0.2) is 5.82 Å². The lowest BCUT2D eigenvalue weighted by molar-refractivity contribution is -0.116. The summed E-state index contributed by atoms with van der Waals surface area (Å²) < 4.78 is 26.9. The first kappa shape index (κ1) is 21.5. The van der Waals surface area contributed by atoms with E-state index in [0.29, 0.717) is 36.6 Å². The molecule has 29 heavy (non-hydrogen) atoms. The number of nitrogens with zero attached hydrogens (tertiary/aromatic N) is 2. The molecule has 2 aromatic rings. The van der Waals surface area contributed by atoms with Crippen LogP contribution >= 0.6 is 0 Å². The van der Waals surface area contributed by atoms with E-state index >= 15 is 0 Å². The average Bonchev–Trinajstić information content (AvgIpc) is 3.16. The van der Waals surface area contributed by atoms with E-state index in [4.69, 9.17) is 0 Å². The van der Waals surface area contributed by atoms with E-state index in [0.717, 1.165) is 30.5 Å². The van der Waals surface area contributed by atoms with Crippen LogP contribution in [0.2, 0.25) is 0 Å². The topological polar surface area (TPSA) is 95.2 Å². The summed E-state index contributed by atoms with van der Waals surface area (Å²) in [4.78, 5) is 12.5. The van der Waals surface area contributed by atoms with Gasteiger partial charge in [-0.15, -0.1) is 0 Å². The van der Waals surface area contributed by atoms with E-state index < -0.39 is 10.0 Å². The number of piperidine rings is 1. The van der Waals surface area contributed by atoms with Crippen molar-refractivity contribution in [1.82, 2.24) is 14.5 Å². The Morgan fingerprint density at radius 3 is 2.38 bits per heavy atom. The zero-order chi connectivity index (χ0) is 21.1. The van der Waals surface area contributed by atoms with Gasteiger partial charge in [-0.2, -0.15) is 9.40 Å². The highest BCUT2D eigenvalue weighted by atomic mass is 32.2. The lowest BCUT2D eigenvalue weighted by Crippen LogP contribution is -2.35. The Bertz CT molecular complexity index is 937. The van der Waals surface area contributed by atoms with Gasteiger partial charge in [-0.05, 0) is 37.0 Å². The average molecular weight is 419 g/mol. The molecule has 2 N–H and O–H groups in total. The quantitative estimate of drug-likeness (QED) is 0.751. The van der Waals surface area contributed by atoms with Crippen LogP contribution in [0.15, 0.2) is 35.2 Å². The Kier molecular flexibility index (Phi) is 6.43. The molecule has 8 heteroatoms. The smallest absolute Gasteiger partial charge is 0.243 e. The van der Waals surface area contributed by atoms with Gasteiger partial charge in [0.1, 0.15) is 0 Å². The van der Waals surface area contributed by atoms with Gasteiger partial charge in [0.05, 0.1) is 4.90 Å². The van der Waals surface area contributed by atoms with Gasteiger partial charge in [-0.25, -0.2) is 8.42 Å². The van der Waals surface area contributed by atoms with Crippen LogP contribution in [-0.2, 0) is 26.7 Å². The molecule has 0 radical (unpaired) electrons. The molecule has 7 nitrogen and oxygen atoms in total. The minimum absolute atomic E-state index is 0.0632. The number of benzene rings is 1. The number of aryl methyl sites for hydroxylation is 1. The molecule has 2 heterocycles. The molecule has 0 spiro atoms. The van der Waals surface area contributed by atoms with Crippen molar-refractivity contribution in [3.8, 4) is 0 Å². The summed E-state index contributed by atoms with van der Waals surface area (Å²) >= 11 is 0. The molecule has 0 saturated carbocycles. The second kappa shape index (κ2) is 8.67. The van der Waals surface area contributed by atoms with E-state index in [-0.39, 0.29) is 11.3 Å². The molecule has 3 rings (SSSR count). The Labute approximate surface area is 172 Å². The van der Waals surface area contributed by atoms with Gasteiger partial charge in [0, 0.05) is 36.7 Å². The van der Waals surface area contributed by atoms with Crippen molar-refractivity contribution in [1.29, 1.82) is 0 Å². The highest BCUT2D eigenvalue weighted by molar-refractivity contribution is 7.89. The first-order valence-corrected chi connectivity index (χ1v) is 11.5. The Morgan fingerprint density at radius 1 is 1.14 bits per heavy atom. The third-order valence-electron chi connectivity index (χ3n) is 5.17. The lowest BCUT2D eigenvalue weighted by atomic mass is 9.92. The SMILES string of the molecule is CC(C)(C)c1cc(NC(=O)CCc2ccc(S(=O)(=O)N3CCCCC3)cc2)n[nH]1. The summed E-state index contributed by atoms with van der Waals surface area (Å²) in [5.41, 5.74) is 1.82. The molecular weight excluding hydrogens is 388 g/mol. The number of aromatic nitrogens is 2. The first-order valence-electron chi connectivity index (χ1n) is 10.1. The number of hydrogen-bond donors (Lipinski definition) is 2. The van der Waals surface area contributed by atoms with Crippen LogP contribution in [-0.4, -0.2) is 41.9 Å². The number of rotatable bonds is 6. The summed E-state index contributed by atoms with van der Waals surface area (Å²) in [6.45, 7) is 7.40. The number of hydrogen-bond acceptors (Lipinski definition) is 4. The number of carbonyl (C=O) groups is 1. The van der Waals surface area contributed by atoms with Crippen molar-refractivity contribution < 1.29 is 13.2 Å². The fourth-order valence-corrected chi connectivity index (χ4v) is 4.83. The fraction of sp³-hybridized carbons (Fsp3) is 0.524. The highest BCUT2D eigenvalue weighted by Crippen LogP contribution is 2.23. The number of nitrogens with one attached hydrogen (secondary N) is 2. The van der Waals surface area contributed by atoms with Crippen LogP contribution in [0.3, 0.4) is 0 Å². The summed E-state index contributed by atoms with van der Waals surface area (Å²) in [7, 11) is -3.42. The normalized spacial score (nSPS) is 16.0. The number of amides is 1. The number of sulfonamides is 1. The molecule has 0 unspecified atom stereocenters. The molecule has 1 saturated heterocycles. The monoisotopic (exact) mass is 418 g/mol. The van der Waals surface area contributed by atoms with Crippen molar-refractivity contribution in [2.75, 3.05) is 18.4 Å². The molecule has 158 valence electrons. The summed E-state index contributed by atoms with van der Waals surface area (Å²) in [5, 5.41) is 9.88. The zero-order valence-electron chi connectivity index (χ0n) is 17.4. The third kappa shape index (κ3) is 5.45. The Hall–Kier alpha value is -2.19. The minimum Gasteiger partial charge on any atom is -0.309 e. The Morgan fingerprint density at radius 2 is 1.79 bits per heavy atom. The molecule has 1 aliphatic rings. The molecule has 1 aromatic heterocycles. The summed E-state index contributed by atoms with van der Waals surface area (Å²) in [5.74, 6) is 0.393. The molecule has 1 amide bonds. The van der Waals surface area contributed by atoms with Crippen molar-refractivity contribution in [2.45, 2.75) is 63.2 Å². The second-order valence-electron chi connectivity index (χ2n) is 8.57. The second-order valence-corrected chi connectivity index (χ2v) is 10.5. The molecule has 1 aromatic carbocycles. The Balaban J connectivity index is 1.54. The van der Waals surface area contributed by atoms with Crippen LogP contribution in [0.1, 0.15) is 57.7 Å². The van der Waals surface area contributed by atoms with Crippen molar-refractivity contribution in [3.63, 3.8) is 0 Å². The van der Waals surface area contributed by atoms with Crippen LogP contribution in [0.5, 0.6) is 0 Å². The largest absolute Gasteiger partial charge is 0.309 e. The summed E-state index contributed by atoms with van der Waals surface area (Å²) in [6, 6.07) is 8.70. The number of aromatic amines is 1. The van der Waals surface area contributed by atoms with Crippen molar-refractivity contribution in [2.24, 2.45) is 0 Å². The number of anilines is 1. The van der Waals surface area contributed by atoms with E-state index in [1.807, 2.05) is 6.07 Å². The lowest BCUT2D eigenvalue weighted by Gasteiger charge is -2.25. The van der Waals surface area contributed by atoms with Crippen molar-refractivity contribution in [3.05, 3.63) is 41.6 Å². The van der Waals surface area contributed by atoms with Gasteiger partial charge < -0.3 is 5.32 Å². The van der Waals surface area contributed by atoms with Gasteiger partial charge in [-0.1, -0.05) is 39.3 Å². The van der Waals surface area contributed by atoms with E-state index in [9.17, 15) is 13.2 Å². The fourth-order valence-electron chi connectivity index (χ4n) is 3.32. The maximum Gasteiger partial charge on any atom is 0.243 e. The van der Waals surface area contributed by atoms with E-state index in [1.165, 1.54) is 0 Å². The van der Waals surface area contributed by atoms with Gasteiger partial charge in [-0.3, -0.25) is 9.89 Å². The predicted octanol–water partition coefficient (Wildman–Crippen LogP) is 3.45. The van der Waals surface area contributed by atoms with E-state index in [1.54, 1.807) is 28.6 Å². The molecule has 1 aliphatic heterocycles. The summed E-state index contributed by atoms with van der Waals surface area (Å²) in [6.07, 6.45) is 3.75. The van der Waals surface area contributed by atoms with Crippen LogP contribution in [0.25, 0.3) is 0 Å². The third-order valence-corrected chi connectivity index (χ3v) is 7.08. The van der Waals surface area contributed by atoms with Crippen LogP contribution in [0.4, 0.5) is 5.82 Å². The molecule has 1 fully saturated rings. The molecular formula is C21H30N4O3S. The van der Waals surface area contributed by atoms with Crippen LogP contribution < -0.4 is 5.32 Å². The van der Waals surface area contributed by atoms with E-state index in [2.05, 4.69) is 36.3 Å². The van der Waals surface area contributed by atoms with Gasteiger partial charge >= 0.3 is 0 Å². The van der Waals surface area contributed by atoms with Gasteiger partial charge in [0.25, 0.3) is 0 Å². The minimum atomic E-state index is -3.42.